The van der Waals surface area contributed by atoms with Crippen LogP contribution in [0.3, 0.4) is 0 Å². The Morgan fingerprint density at radius 1 is 1.04 bits per heavy atom. The van der Waals surface area contributed by atoms with Gasteiger partial charge in [0.05, 0.1) is 12.9 Å². The third kappa shape index (κ3) is 3.35. The van der Waals surface area contributed by atoms with Crippen molar-refractivity contribution in [3.05, 3.63) is 77.5 Å². The van der Waals surface area contributed by atoms with E-state index in [2.05, 4.69) is 9.97 Å². The second kappa shape index (κ2) is 7.47. The highest BCUT2D eigenvalue weighted by atomic mass is 16.5. The third-order valence-corrected chi connectivity index (χ3v) is 4.34. The first-order valence-electron chi connectivity index (χ1n) is 8.64. The van der Waals surface area contributed by atoms with Gasteiger partial charge in [0, 0.05) is 24.6 Å². The molecular weight excluding hydrogens is 342 g/mol. The number of methoxy groups -OCH3 is 1. The quantitative estimate of drug-likeness (QED) is 0.535. The van der Waals surface area contributed by atoms with E-state index in [0.29, 0.717) is 24.2 Å². The number of fused-ring (bicyclic) bond motifs is 1. The first-order chi connectivity index (χ1) is 13.3. The topological polar surface area (TPSA) is 69.1 Å². The first kappa shape index (κ1) is 17.1. The van der Waals surface area contributed by atoms with Crippen molar-refractivity contribution in [2.45, 2.75) is 0 Å². The van der Waals surface area contributed by atoms with Crippen molar-refractivity contribution in [2.24, 2.45) is 0 Å². The SMILES string of the molecule is COCCOc1ccc(-n2cc(-c3ccccc3)c3nc[nH]c(=O)c32)cc1. The average Bonchev–Trinajstić information content (AvgIpc) is 3.10. The molecule has 2 aromatic carbocycles. The van der Waals surface area contributed by atoms with Crippen LogP contribution in [0.2, 0.25) is 0 Å². The third-order valence-electron chi connectivity index (χ3n) is 4.34. The normalized spacial score (nSPS) is 11.0. The van der Waals surface area contributed by atoms with Crippen LogP contribution in [0, 0.1) is 0 Å². The van der Waals surface area contributed by atoms with Gasteiger partial charge in [0.2, 0.25) is 0 Å². The fraction of sp³-hybridized carbons (Fsp3) is 0.143. The van der Waals surface area contributed by atoms with Crippen LogP contribution in [-0.4, -0.2) is 34.9 Å². The fourth-order valence-corrected chi connectivity index (χ4v) is 3.05. The zero-order valence-corrected chi connectivity index (χ0v) is 14.9. The lowest BCUT2D eigenvalue weighted by Crippen LogP contribution is -2.10. The molecule has 2 aromatic heterocycles. The molecule has 6 nitrogen and oxygen atoms in total. The summed E-state index contributed by atoms with van der Waals surface area (Å²) < 4.78 is 12.5. The number of nitrogens with zero attached hydrogens (tertiary/aromatic N) is 2. The van der Waals surface area contributed by atoms with E-state index in [1.165, 1.54) is 6.33 Å². The summed E-state index contributed by atoms with van der Waals surface area (Å²) in [6, 6.07) is 17.5. The number of hydrogen-bond donors (Lipinski definition) is 1. The summed E-state index contributed by atoms with van der Waals surface area (Å²) in [6.07, 6.45) is 3.39. The standard InChI is InChI=1S/C21H19N3O3/c1-26-11-12-27-17-9-7-16(8-10-17)24-13-18(15-5-3-2-4-6-15)19-20(24)21(25)23-14-22-19/h2-10,13-14H,11-12H2,1H3,(H,22,23,25). The van der Waals surface area contributed by atoms with Crippen molar-refractivity contribution in [3.8, 4) is 22.6 Å². The molecule has 27 heavy (non-hydrogen) atoms. The minimum absolute atomic E-state index is 0.178. The molecule has 0 saturated heterocycles. The highest BCUT2D eigenvalue weighted by Crippen LogP contribution is 2.29. The zero-order chi connectivity index (χ0) is 18.6. The lowest BCUT2D eigenvalue weighted by atomic mass is 10.1. The molecule has 0 amide bonds. The second-order valence-corrected chi connectivity index (χ2v) is 6.04. The summed E-state index contributed by atoms with van der Waals surface area (Å²) in [5.41, 5.74) is 3.80. The monoisotopic (exact) mass is 361 g/mol. The van der Waals surface area contributed by atoms with Crippen molar-refractivity contribution >= 4 is 11.0 Å². The fourth-order valence-electron chi connectivity index (χ4n) is 3.05. The van der Waals surface area contributed by atoms with Gasteiger partial charge in [-0.15, -0.1) is 0 Å². The molecule has 0 bridgehead atoms. The van der Waals surface area contributed by atoms with E-state index in [0.717, 1.165) is 22.6 Å². The van der Waals surface area contributed by atoms with Crippen molar-refractivity contribution < 1.29 is 9.47 Å². The summed E-state index contributed by atoms with van der Waals surface area (Å²) in [6.45, 7) is 1.02. The van der Waals surface area contributed by atoms with Gasteiger partial charge in [-0.2, -0.15) is 0 Å². The maximum atomic E-state index is 12.5. The summed E-state index contributed by atoms with van der Waals surface area (Å²) in [5.74, 6) is 0.752. The number of ether oxygens (including phenoxy) is 2. The van der Waals surface area contributed by atoms with Gasteiger partial charge in [-0.1, -0.05) is 30.3 Å². The molecule has 0 fully saturated rings. The maximum Gasteiger partial charge on any atom is 0.275 e. The molecular formula is C21H19N3O3. The summed E-state index contributed by atoms with van der Waals surface area (Å²) in [5, 5.41) is 0. The Hall–Kier alpha value is -3.38. The molecule has 0 spiro atoms. The Morgan fingerprint density at radius 2 is 1.81 bits per heavy atom. The summed E-state index contributed by atoms with van der Waals surface area (Å²) >= 11 is 0. The predicted octanol–water partition coefficient (Wildman–Crippen LogP) is 3.41. The number of hydrogen-bond acceptors (Lipinski definition) is 4. The van der Waals surface area contributed by atoms with E-state index >= 15 is 0 Å². The van der Waals surface area contributed by atoms with Crippen molar-refractivity contribution in [2.75, 3.05) is 20.3 Å². The smallest absolute Gasteiger partial charge is 0.275 e. The average molecular weight is 361 g/mol. The molecule has 1 N–H and O–H groups in total. The minimum Gasteiger partial charge on any atom is -0.491 e. The molecule has 0 unspecified atom stereocenters. The van der Waals surface area contributed by atoms with Crippen molar-refractivity contribution in [1.82, 2.24) is 14.5 Å². The van der Waals surface area contributed by atoms with Crippen LogP contribution in [0.25, 0.3) is 27.8 Å². The van der Waals surface area contributed by atoms with Crippen LogP contribution in [0.5, 0.6) is 5.75 Å². The van der Waals surface area contributed by atoms with Gasteiger partial charge in [-0.05, 0) is 29.8 Å². The number of nitrogens with one attached hydrogen (secondary N) is 1. The van der Waals surface area contributed by atoms with Gasteiger partial charge >= 0.3 is 0 Å². The Labute approximate surface area is 156 Å². The molecule has 4 rings (SSSR count). The number of benzene rings is 2. The van der Waals surface area contributed by atoms with Gasteiger partial charge < -0.3 is 19.0 Å². The molecule has 0 aliphatic rings. The Morgan fingerprint density at radius 3 is 2.56 bits per heavy atom. The Kier molecular flexibility index (Phi) is 4.72. The summed E-state index contributed by atoms with van der Waals surface area (Å²) in [4.78, 5) is 19.6. The minimum atomic E-state index is -0.178. The van der Waals surface area contributed by atoms with E-state index in [4.69, 9.17) is 9.47 Å². The van der Waals surface area contributed by atoms with E-state index in [1.54, 1.807) is 7.11 Å². The van der Waals surface area contributed by atoms with Gasteiger partial charge in [0.1, 0.15) is 23.4 Å². The lowest BCUT2D eigenvalue weighted by molar-refractivity contribution is 0.146. The van der Waals surface area contributed by atoms with Crippen LogP contribution in [0.1, 0.15) is 0 Å². The Balaban J connectivity index is 1.79. The molecule has 6 heteroatoms. The van der Waals surface area contributed by atoms with Crippen LogP contribution in [-0.2, 0) is 4.74 Å². The van der Waals surface area contributed by atoms with E-state index in [1.807, 2.05) is 65.4 Å². The molecule has 4 aromatic rings. The molecule has 0 aliphatic heterocycles. The first-order valence-corrected chi connectivity index (χ1v) is 8.64. The van der Waals surface area contributed by atoms with Gasteiger partial charge in [-0.3, -0.25) is 4.79 Å². The van der Waals surface area contributed by atoms with E-state index < -0.39 is 0 Å². The van der Waals surface area contributed by atoms with Gasteiger partial charge in [0.25, 0.3) is 5.56 Å². The van der Waals surface area contributed by atoms with Gasteiger partial charge in [0.15, 0.2) is 0 Å². The maximum absolute atomic E-state index is 12.5. The van der Waals surface area contributed by atoms with Crippen molar-refractivity contribution in [1.29, 1.82) is 0 Å². The Bertz CT molecular complexity index is 1100. The van der Waals surface area contributed by atoms with Crippen LogP contribution >= 0.6 is 0 Å². The van der Waals surface area contributed by atoms with Crippen LogP contribution in [0.4, 0.5) is 0 Å². The second-order valence-electron chi connectivity index (χ2n) is 6.04. The van der Waals surface area contributed by atoms with Crippen molar-refractivity contribution in [3.63, 3.8) is 0 Å². The zero-order valence-electron chi connectivity index (χ0n) is 14.9. The molecule has 136 valence electrons. The number of aromatic amines is 1. The molecule has 0 aliphatic carbocycles. The highest BCUT2D eigenvalue weighted by Gasteiger charge is 2.15. The van der Waals surface area contributed by atoms with Crippen LogP contribution < -0.4 is 10.3 Å². The highest BCUT2D eigenvalue weighted by molar-refractivity contribution is 5.93. The number of H-pyrrole nitrogens is 1. The van der Waals surface area contributed by atoms with Gasteiger partial charge in [-0.25, -0.2) is 4.98 Å². The van der Waals surface area contributed by atoms with E-state index in [-0.39, 0.29) is 5.56 Å². The van der Waals surface area contributed by atoms with Crippen LogP contribution in [0.15, 0.2) is 71.9 Å². The molecule has 0 atom stereocenters. The molecule has 0 saturated carbocycles. The molecule has 0 radical (unpaired) electrons. The largest absolute Gasteiger partial charge is 0.491 e. The predicted molar refractivity (Wildman–Crippen MR) is 104 cm³/mol. The lowest BCUT2D eigenvalue weighted by Gasteiger charge is -2.08. The van der Waals surface area contributed by atoms with E-state index in [9.17, 15) is 4.79 Å². The number of aromatic nitrogens is 3. The summed E-state index contributed by atoms with van der Waals surface area (Å²) in [7, 11) is 1.64. The number of rotatable bonds is 6. The molecule has 2 heterocycles.